The number of carbonyl (C=O) groups excluding carboxylic acids is 1. The summed E-state index contributed by atoms with van der Waals surface area (Å²) in [5.74, 6) is -0.694. The Morgan fingerprint density at radius 1 is 1.35 bits per heavy atom. The smallest absolute Gasteiger partial charge is 0.386 e. The molecule has 0 fully saturated rings. The van der Waals surface area contributed by atoms with Gasteiger partial charge in [-0.3, -0.25) is 4.79 Å². The molecule has 2 N–H and O–H groups in total. The maximum absolute atomic E-state index is 12.7. The fourth-order valence-electron chi connectivity index (χ4n) is 2.21. The van der Waals surface area contributed by atoms with Crippen LogP contribution >= 0.6 is 11.3 Å². The van der Waals surface area contributed by atoms with Crippen molar-refractivity contribution in [1.29, 1.82) is 0 Å². The van der Waals surface area contributed by atoms with E-state index >= 15 is 0 Å². The van der Waals surface area contributed by atoms with Crippen LogP contribution < -0.4 is 5.32 Å². The molecule has 0 saturated heterocycles. The molecule has 0 unspecified atom stereocenters. The molecule has 1 amide bonds. The standard InChI is InChI=1S/C16H13F3N4O2S/c17-16(18,19)11-2-1-3-12(6-11)20-15(25)13-7-23(22-21-13)8-14(24)10-4-5-26-9-10/h1-7,9,14,24H,8H2,(H,20,25)/t14-/m0/s1. The lowest BCUT2D eigenvalue weighted by Crippen LogP contribution is -2.13. The number of benzene rings is 1. The number of aliphatic hydroxyl groups excluding tert-OH is 1. The molecule has 0 bridgehead atoms. The summed E-state index contributed by atoms with van der Waals surface area (Å²) in [7, 11) is 0. The lowest BCUT2D eigenvalue weighted by atomic mass is 10.2. The molecule has 1 atom stereocenters. The molecule has 10 heteroatoms. The van der Waals surface area contributed by atoms with E-state index in [1.54, 1.807) is 11.4 Å². The van der Waals surface area contributed by atoms with Crippen LogP contribution in [0.2, 0.25) is 0 Å². The van der Waals surface area contributed by atoms with Gasteiger partial charge in [-0.05, 0) is 40.6 Å². The number of amides is 1. The summed E-state index contributed by atoms with van der Waals surface area (Å²) in [6, 6.07) is 6.07. The summed E-state index contributed by atoms with van der Waals surface area (Å²) in [5.41, 5.74) is -0.212. The van der Waals surface area contributed by atoms with E-state index in [0.29, 0.717) is 0 Å². The highest BCUT2D eigenvalue weighted by atomic mass is 32.1. The second kappa shape index (κ2) is 7.26. The number of aliphatic hydroxyl groups is 1. The van der Waals surface area contributed by atoms with E-state index in [0.717, 1.165) is 17.7 Å². The first-order valence-electron chi connectivity index (χ1n) is 7.42. The molecule has 2 aromatic heterocycles. The Labute approximate surface area is 149 Å². The van der Waals surface area contributed by atoms with Gasteiger partial charge in [0, 0.05) is 5.69 Å². The zero-order valence-electron chi connectivity index (χ0n) is 13.1. The quantitative estimate of drug-likeness (QED) is 0.709. The molecule has 6 nitrogen and oxygen atoms in total. The molecule has 0 aliphatic heterocycles. The van der Waals surface area contributed by atoms with Crippen molar-refractivity contribution in [3.05, 3.63) is 64.1 Å². The first kappa shape index (κ1) is 18.1. The Morgan fingerprint density at radius 2 is 2.15 bits per heavy atom. The van der Waals surface area contributed by atoms with Gasteiger partial charge < -0.3 is 10.4 Å². The second-order valence-corrected chi connectivity index (χ2v) is 6.21. The van der Waals surface area contributed by atoms with Gasteiger partial charge in [-0.2, -0.15) is 24.5 Å². The molecule has 1 aromatic carbocycles. The number of rotatable bonds is 5. The van der Waals surface area contributed by atoms with Gasteiger partial charge in [0.15, 0.2) is 5.69 Å². The predicted octanol–water partition coefficient (Wildman–Crippen LogP) is 3.34. The number of aromatic nitrogens is 3. The van der Waals surface area contributed by atoms with E-state index in [-0.39, 0.29) is 17.9 Å². The van der Waals surface area contributed by atoms with E-state index in [4.69, 9.17) is 0 Å². The lowest BCUT2D eigenvalue weighted by molar-refractivity contribution is -0.137. The van der Waals surface area contributed by atoms with Crippen LogP contribution in [-0.4, -0.2) is 26.0 Å². The SMILES string of the molecule is O=C(Nc1cccc(C(F)(F)F)c1)c1cn(C[C@H](O)c2ccsc2)nn1. The third-order valence-electron chi connectivity index (χ3n) is 3.51. The maximum atomic E-state index is 12.7. The number of hydrogen-bond acceptors (Lipinski definition) is 5. The lowest BCUT2D eigenvalue weighted by Gasteiger charge is -2.09. The Hall–Kier alpha value is -2.72. The molecule has 3 aromatic rings. The molecular formula is C16H13F3N4O2S. The summed E-state index contributed by atoms with van der Waals surface area (Å²) >= 11 is 1.44. The average Bonchev–Trinajstić information content (AvgIpc) is 3.26. The Balaban J connectivity index is 1.67. The molecule has 0 spiro atoms. The minimum absolute atomic E-state index is 0.00215. The van der Waals surface area contributed by atoms with Gasteiger partial charge in [0.05, 0.1) is 24.4 Å². The van der Waals surface area contributed by atoms with E-state index in [1.165, 1.54) is 34.3 Å². The Kier molecular flexibility index (Phi) is 5.05. The summed E-state index contributed by atoms with van der Waals surface area (Å²) in [6.07, 6.45) is -3.98. The van der Waals surface area contributed by atoms with Crippen molar-refractivity contribution in [2.24, 2.45) is 0 Å². The van der Waals surface area contributed by atoms with Crippen LogP contribution in [0.3, 0.4) is 0 Å². The van der Waals surface area contributed by atoms with Gasteiger partial charge in [-0.15, -0.1) is 5.10 Å². The number of nitrogens with zero attached hydrogens (tertiary/aromatic N) is 3. The number of carbonyl (C=O) groups is 1. The van der Waals surface area contributed by atoms with Crippen molar-refractivity contribution in [3.8, 4) is 0 Å². The first-order valence-corrected chi connectivity index (χ1v) is 8.36. The molecule has 0 aliphatic rings. The zero-order chi connectivity index (χ0) is 18.7. The van der Waals surface area contributed by atoms with E-state index in [1.807, 2.05) is 5.38 Å². The van der Waals surface area contributed by atoms with Crippen molar-refractivity contribution >= 4 is 22.9 Å². The first-order chi connectivity index (χ1) is 12.3. The van der Waals surface area contributed by atoms with Crippen LogP contribution in [0.1, 0.15) is 27.7 Å². The number of halogens is 3. The topological polar surface area (TPSA) is 80.0 Å². The second-order valence-electron chi connectivity index (χ2n) is 5.43. The third kappa shape index (κ3) is 4.27. The van der Waals surface area contributed by atoms with E-state index in [9.17, 15) is 23.1 Å². The fraction of sp³-hybridized carbons (Fsp3) is 0.188. The van der Waals surface area contributed by atoms with Gasteiger partial charge >= 0.3 is 6.18 Å². The van der Waals surface area contributed by atoms with Crippen LogP contribution in [0.25, 0.3) is 0 Å². The zero-order valence-corrected chi connectivity index (χ0v) is 14.0. The third-order valence-corrected chi connectivity index (χ3v) is 4.21. The van der Waals surface area contributed by atoms with Crippen molar-refractivity contribution < 1.29 is 23.1 Å². The maximum Gasteiger partial charge on any atom is 0.416 e. The van der Waals surface area contributed by atoms with Crippen LogP contribution in [0.15, 0.2) is 47.3 Å². The molecule has 136 valence electrons. The van der Waals surface area contributed by atoms with Gasteiger partial charge in [0.25, 0.3) is 5.91 Å². The predicted molar refractivity (Wildman–Crippen MR) is 88.7 cm³/mol. The Morgan fingerprint density at radius 3 is 2.85 bits per heavy atom. The van der Waals surface area contributed by atoms with Crippen LogP contribution in [0.5, 0.6) is 0 Å². The summed E-state index contributed by atoms with van der Waals surface area (Å²) in [6.45, 7) is 0.0978. The van der Waals surface area contributed by atoms with Gasteiger partial charge in [-0.1, -0.05) is 11.3 Å². The van der Waals surface area contributed by atoms with Crippen molar-refractivity contribution in [1.82, 2.24) is 15.0 Å². The van der Waals surface area contributed by atoms with Crippen molar-refractivity contribution in [3.63, 3.8) is 0 Å². The average molecular weight is 382 g/mol. The molecule has 0 radical (unpaired) electrons. The molecule has 0 aliphatic carbocycles. The van der Waals surface area contributed by atoms with Crippen LogP contribution in [0.4, 0.5) is 18.9 Å². The summed E-state index contributed by atoms with van der Waals surface area (Å²) in [4.78, 5) is 12.1. The van der Waals surface area contributed by atoms with E-state index in [2.05, 4.69) is 15.6 Å². The van der Waals surface area contributed by atoms with Gasteiger partial charge in [-0.25, -0.2) is 4.68 Å². The molecule has 26 heavy (non-hydrogen) atoms. The van der Waals surface area contributed by atoms with Gasteiger partial charge in [0.2, 0.25) is 0 Å². The molecule has 0 saturated carbocycles. The number of anilines is 1. The number of hydrogen-bond donors (Lipinski definition) is 2. The summed E-state index contributed by atoms with van der Waals surface area (Å²) in [5, 5.41) is 23.5. The minimum atomic E-state index is -4.50. The number of nitrogens with one attached hydrogen (secondary N) is 1. The van der Waals surface area contributed by atoms with Crippen molar-refractivity contribution in [2.75, 3.05) is 5.32 Å². The number of alkyl halides is 3. The molecular weight excluding hydrogens is 369 g/mol. The largest absolute Gasteiger partial charge is 0.416 e. The number of thiophene rings is 1. The minimum Gasteiger partial charge on any atom is -0.386 e. The van der Waals surface area contributed by atoms with Gasteiger partial charge in [0.1, 0.15) is 0 Å². The highest BCUT2D eigenvalue weighted by Crippen LogP contribution is 2.30. The van der Waals surface area contributed by atoms with Crippen LogP contribution in [0, 0.1) is 0 Å². The normalized spacial score (nSPS) is 12.8. The van der Waals surface area contributed by atoms with Crippen molar-refractivity contribution in [2.45, 2.75) is 18.8 Å². The highest BCUT2D eigenvalue weighted by Gasteiger charge is 2.30. The Bertz CT molecular complexity index is 893. The molecule has 2 heterocycles. The summed E-state index contributed by atoms with van der Waals surface area (Å²) < 4.78 is 39.4. The fourth-order valence-corrected chi connectivity index (χ4v) is 2.91. The molecule has 3 rings (SSSR count). The highest BCUT2D eigenvalue weighted by molar-refractivity contribution is 7.07. The monoisotopic (exact) mass is 382 g/mol. The van der Waals surface area contributed by atoms with E-state index < -0.39 is 23.8 Å². The van der Waals surface area contributed by atoms with Crippen LogP contribution in [-0.2, 0) is 12.7 Å².